The van der Waals surface area contributed by atoms with Crippen molar-refractivity contribution in [2.75, 3.05) is 19.6 Å². The average molecular weight is 151 g/mol. The first kappa shape index (κ1) is 6.70. The van der Waals surface area contributed by atoms with E-state index in [1.807, 2.05) is 0 Å². The van der Waals surface area contributed by atoms with Gasteiger partial charge >= 0.3 is 0 Å². The lowest BCUT2D eigenvalue weighted by Crippen LogP contribution is -2.21. The van der Waals surface area contributed by atoms with Crippen LogP contribution in [0.25, 0.3) is 0 Å². The highest BCUT2D eigenvalue weighted by atomic mass is 15.1. The lowest BCUT2D eigenvalue weighted by molar-refractivity contribution is 0.855. The zero-order valence-corrected chi connectivity index (χ0v) is 6.56. The van der Waals surface area contributed by atoms with Crippen LogP contribution in [0.3, 0.4) is 0 Å². The number of nitrogens with zero attached hydrogens (tertiary/aromatic N) is 1. The summed E-state index contributed by atoms with van der Waals surface area (Å²) in [6, 6.07) is 0. The standard InChI is InChI=1S/C8H13N3/c1-2-7(9-3-1)6-8-10-4-5-11-8/h2,9H,1,3-6H2,(H,10,11). The summed E-state index contributed by atoms with van der Waals surface area (Å²) in [5.41, 5.74) is 1.33. The van der Waals surface area contributed by atoms with Crippen molar-refractivity contribution in [2.45, 2.75) is 12.8 Å². The Morgan fingerprint density at radius 2 is 2.36 bits per heavy atom. The molecule has 0 aromatic carbocycles. The van der Waals surface area contributed by atoms with Gasteiger partial charge < -0.3 is 10.6 Å². The van der Waals surface area contributed by atoms with Gasteiger partial charge in [-0.25, -0.2) is 0 Å². The maximum atomic E-state index is 4.32. The molecule has 0 aliphatic carbocycles. The molecule has 0 saturated heterocycles. The molecule has 0 unspecified atom stereocenters. The smallest absolute Gasteiger partial charge is 0.102 e. The normalized spacial score (nSPS) is 22.2. The maximum Gasteiger partial charge on any atom is 0.102 e. The highest BCUT2D eigenvalue weighted by molar-refractivity contribution is 5.85. The van der Waals surface area contributed by atoms with E-state index in [9.17, 15) is 0 Å². The van der Waals surface area contributed by atoms with Crippen LogP contribution in [0.4, 0.5) is 0 Å². The Morgan fingerprint density at radius 3 is 3.00 bits per heavy atom. The molecular weight excluding hydrogens is 138 g/mol. The quantitative estimate of drug-likeness (QED) is 0.593. The highest BCUT2D eigenvalue weighted by Crippen LogP contribution is 2.06. The van der Waals surface area contributed by atoms with E-state index in [0.717, 1.165) is 31.9 Å². The van der Waals surface area contributed by atoms with Crippen molar-refractivity contribution in [3.05, 3.63) is 11.8 Å². The lowest BCUT2D eigenvalue weighted by Gasteiger charge is -2.03. The van der Waals surface area contributed by atoms with E-state index in [1.165, 1.54) is 12.1 Å². The fourth-order valence-electron chi connectivity index (χ4n) is 1.43. The number of hydrogen-bond acceptors (Lipinski definition) is 3. The summed E-state index contributed by atoms with van der Waals surface area (Å²) < 4.78 is 0. The van der Waals surface area contributed by atoms with Gasteiger partial charge in [0.1, 0.15) is 5.84 Å². The van der Waals surface area contributed by atoms with E-state index in [1.54, 1.807) is 0 Å². The van der Waals surface area contributed by atoms with Crippen molar-refractivity contribution in [1.82, 2.24) is 10.6 Å². The molecule has 0 spiro atoms. The van der Waals surface area contributed by atoms with Gasteiger partial charge in [0.15, 0.2) is 0 Å². The minimum Gasteiger partial charge on any atom is -0.388 e. The Hall–Kier alpha value is -0.990. The molecule has 0 bridgehead atoms. The third kappa shape index (κ3) is 1.53. The molecule has 11 heavy (non-hydrogen) atoms. The average Bonchev–Trinajstić information content (AvgIpc) is 2.60. The monoisotopic (exact) mass is 151 g/mol. The van der Waals surface area contributed by atoms with Crippen molar-refractivity contribution >= 4 is 5.84 Å². The molecular formula is C8H13N3. The predicted molar refractivity (Wildman–Crippen MR) is 45.6 cm³/mol. The SMILES string of the molecule is C1=C(CC2=NCCN2)NCC1. The molecule has 3 heteroatoms. The molecule has 60 valence electrons. The van der Waals surface area contributed by atoms with Crippen LogP contribution in [0.5, 0.6) is 0 Å². The van der Waals surface area contributed by atoms with Crippen LogP contribution in [0, 0.1) is 0 Å². The molecule has 2 heterocycles. The second-order valence-corrected chi connectivity index (χ2v) is 2.88. The number of nitrogens with one attached hydrogen (secondary N) is 2. The van der Waals surface area contributed by atoms with E-state index in [2.05, 4.69) is 21.7 Å². The Morgan fingerprint density at radius 1 is 1.36 bits per heavy atom. The number of hydrogen-bond donors (Lipinski definition) is 2. The van der Waals surface area contributed by atoms with Crippen molar-refractivity contribution in [3.63, 3.8) is 0 Å². The van der Waals surface area contributed by atoms with Gasteiger partial charge in [-0.3, -0.25) is 4.99 Å². The van der Waals surface area contributed by atoms with E-state index in [4.69, 9.17) is 0 Å². The second kappa shape index (κ2) is 2.95. The molecule has 0 amide bonds. The first-order chi connectivity index (χ1) is 5.45. The number of amidine groups is 1. The molecule has 0 aromatic rings. The summed E-state index contributed by atoms with van der Waals surface area (Å²) in [7, 11) is 0. The van der Waals surface area contributed by atoms with E-state index in [0.29, 0.717) is 0 Å². The fourth-order valence-corrected chi connectivity index (χ4v) is 1.43. The topological polar surface area (TPSA) is 36.4 Å². The van der Waals surface area contributed by atoms with Gasteiger partial charge in [0, 0.05) is 25.2 Å². The van der Waals surface area contributed by atoms with Crippen molar-refractivity contribution in [3.8, 4) is 0 Å². The summed E-state index contributed by atoms with van der Waals surface area (Å²) >= 11 is 0. The molecule has 0 saturated carbocycles. The van der Waals surface area contributed by atoms with Crippen molar-refractivity contribution in [1.29, 1.82) is 0 Å². The van der Waals surface area contributed by atoms with Crippen LogP contribution in [-0.2, 0) is 0 Å². The van der Waals surface area contributed by atoms with Crippen LogP contribution in [0.1, 0.15) is 12.8 Å². The third-order valence-electron chi connectivity index (χ3n) is 1.99. The minimum absolute atomic E-state index is 0.947. The first-order valence-electron chi connectivity index (χ1n) is 4.15. The zero-order valence-electron chi connectivity index (χ0n) is 6.56. The van der Waals surface area contributed by atoms with Crippen LogP contribution in [0.2, 0.25) is 0 Å². The van der Waals surface area contributed by atoms with E-state index >= 15 is 0 Å². The number of rotatable bonds is 2. The van der Waals surface area contributed by atoms with Gasteiger partial charge in [0.05, 0.1) is 6.54 Å². The largest absolute Gasteiger partial charge is 0.388 e. The van der Waals surface area contributed by atoms with Crippen LogP contribution < -0.4 is 10.6 Å². The minimum atomic E-state index is 0.947. The first-order valence-corrected chi connectivity index (χ1v) is 4.15. The summed E-state index contributed by atoms with van der Waals surface area (Å²) in [5.74, 6) is 1.14. The highest BCUT2D eigenvalue weighted by Gasteiger charge is 2.09. The molecule has 2 aliphatic heterocycles. The van der Waals surface area contributed by atoms with E-state index in [-0.39, 0.29) is 0 Å². The zero-order chi connectivity index (χ0) is 7.52. The van der Waals surface area contributed by atoms with Crippen LogP contribution in [0.15, 0.2) is 16.8 Å². The summed E-state index contributed by atoms with van der Waals surface area (Å²) in [4.78, 5) is 4.32. The maximum absolute atomic E-state index is 4.32. The van der Waals surface area contributed by atoms with E-state index < -0.39 is 0 Å². The Balaban J connectivity index is 1.89. The van der Waals surface area contributed by atoms with Gasteiger partial charge in [0.2, 0.25) is 0 Å². The Labute approximate surface area is 66.6 Å². The molecule has 0 atom stereocenters. The molecule has 0 fully saturated rings. The fraction of sp³-hybridized carbons (Fsp3) is 0.625. The van der Waals surface area contributed by atoms with Crippen LogP contribution >= 0.6 is 0 Å². The lowest BCUT2D eigenvalue weighted by atomic mass is 10.3. The molecule has 2 rings (SSSR count). The third-order valence-corrected chi connectivity index (χ3v) is 1.99. The van der Waals surface area contributed by atoms with Gasteiger partial charge in [0.25, 0.3) is 0 Å². The summed E-state index contributed by atoms with van der Waals surface area (Å²) in [6.07, 6.45) is 4.39. The van der Waals surface area contributed by atoms with Gasteiger partial charge in [-0.15, -0.1) is 0 Å². The predicted octanol–water partition coefficient (Wildman–Crippen LogP) is 0.255. The van der Waals surface area contributed by atoms with Gasteiger partial charge in [-0.05, 0) is 6.42 Å². The number of aliphatic imine (C=N–C) groups is 1. The molecule has 2 aliphatic rings. The van der Waals surface area contributed by atoms with Crippen LogP contribution in [-0.4, -0.2) is 25.5 Å². The van der Waals surface area contributed by atoms with Crippen molar-refractivity contribution in [2.24, 2.45) is 4.99 Å². The Kier molecular flexibility index (Phi) is 1.79. The summed E-state index contributed by atoms with van der Waals surface area (Å²) in [5, 5.41) is 6.58. The Bertz CT molecular complexity index is 183. The molecule has 0 aromatic heterocycles. The van der Waals surface area contributed by atoms with Gasteiger partial charge in [-0.1, -0.05) is 6.08 Å². The molecule has 3 nitrogen and oxygen atoms in total. The molecule has 2 N–H and O–H groups in total. The summed E-state index contributed by atoms with van der Waals surface area (Å²) in [6.45, 7) is 3.06. The van der Waals surface area contributed by atoms with Crippen molar-refractivity contribution < 1.29 is 0 Å². The van der Waals surface area contributed by atoms with Gasteiger partial charge in [-0.2, -0.15) is 0 Å². The molecule has 0 radical (unpaired) electrons. The second-order valence-electron chi connectivity index (χ2n) is 2.88.